The van der Waals surface area contributed by atoms with Gasteiger partial charge in [0.25, 0.3) is 0 Å². The number of nitrogens with one attached hydrogen (secondary N) is 1. The molecule has 7 rings (SSSR count). The van der Waals surface area contributed by atoms with Crippen LogP contribution in [0, 0.1) is 11.8 Å². The summed E-state index contributed by atoms with van der Waals surface area (Å²) >= 11 is 12.2. The Kier molecular flexibility index (Phi) is 10.3. The first-order chi connectivity index (χ1) is 23.4. The van der Waals surface area contributed by atoms with Gasteiger partial charge in [0.15, 0.2) is 0 Å². The molecule has 0 radical (unpaired) electrons. The van der Waals surface area contributed by atoms with Crippen molar-refractivity contribution in [3.63, 3.8) is 0 Å². The smallest absolute Gasteiger partial charge is 0.311 e. The van der Waals surface area contributed by atoms with Crippen molar-refractivity contribution in [1.82, 2.24) is 15.2 Å². The van der Waals surface area contributed by atoms with Gasteiger partial charge in [-0.05, 0) is 106 Å². The molecule has 4 atom stereocenters. The molecule has 1 saturated carbocycles. The van der Waals surface area contributed by atoms with Gasteiger partial charge < -0.3 is 29.5 Å². The molecule has 2 aromatic carbocycles. The number of anilines is 2. The molecular weight excluding hydrogens is 649 g/mol. The third kappa shape index (κ3) is 8.18. The summed E-state index contributed by atoms with van der Waals surface area (Å²) in [6.45, 7) is 5.20. The third-order valence-corrected chi connectivity index (χ3v) is 10.5. The molecule has 1 aliphatic carbocycles. The summed E-state index contributed by atoms with van der Waals surface area (Å²) < 4.78 is 12.4. The van der Waals surface area contributed by atoms with E-state index in [1.54, 1.807) is 6.20 Å². The fraction of sp³-hybridized carbons (Fsp3) is 0.486. The number of halogens is 2. The van der Waals surface area contributed by atoms with Crippen LogP contribution in [-0.2, 0) is 14.3 Å². The molecule has 254 valence electrons. The maximum absolute atomic E-state index is 14.0. The highest BCUT2D eigenvalue weighted by atomic mass is 35.5. The van der Waals surface area contributed by atoms with Crippen LogP contribution in [0.15, 0.2) is 66.9 Å². The van der Waals surface area contributed by atoms with Crippen molar-refractivity contribution in [2.45, 2.75) is 56.8 Å². The molecule has 48 heavy (non-hydrogen) atoms. The predicted molar refractivity (Wildman–Crippen MR) is 188 cm³/mol. The number of hydrogen-bond donors (Lipinski definition) is 1. The lowest BCUT2D eigenvalue weighted by atomic mass is 10.0. The lowest BCUT2D eigenvalue weighted by molar-refractivity contribution is -0.156. The average molecular weight is 693 g/mol. The second-order valence-electron chi connectivity index (χ2n) is 13.5. The molecule has 4 heterocycles. The number of likely N-dealkylation sites (tertiary alicyclic amines) is 1. The van der Waals surface area contributed by atoms with E-state index in [0.29, 0.717) is 42.0 Å². The molecule has 4 fully saturated rings. The van der Waals surface area contributed by atoms with E-state index in [1.807, 2.05) is 60.7 Å². The highest BCUT2D eigenvalue weighted by molar-refractivity contribution is 6.30. The van der Waals surface area contributed by atoms with Crippen LogP contribution in [0.1, 0.15) is 50.2 Å². The van der Waals surface area contributed by atoms with Crippen molar-refractivity contribution in [2.75, 3.05) is 55.6 Å². The molecule has 4 aliphatic rings. The monoisotopic (exact) mass is 691 g/mol. The summed E-state index contributed by atoms with van der Waals surface area (Å²) in [6, 6.07) is 18.8. The highest BCUT2D eigenvalue weighted by Gasteiger charge is 2.38. The molecule has 3 saturated heterocycles. The van der Waals surface area contributed by atoms with Gasteiger partial charge in [-0.25, -0.2) is 4.98 Å². The number of nitrogens with zero attached hydrogens (tertiary/aromatic N) is 4. The minimum Gasteiger partial charge on any atom is -0.474 e. The second-order valence-corrected chi connectivity index (χ2v) is 14.4. The predicted octanol–water partition coefficient (Wildman–Crippen LogP) is 6.15. The standard InChI is InChI=1S/C37H43Cl2N5O4/c38-28-4-8-30(9-5-28)43-19-15-26(22-43)36(45)41-33(24-42-17-1-2-18-42)35(25-3-14-34(40-21-25)47-32-12-13-32)48-37(46)27-16-20-44(23-27)31-10-6-29(39)7-11-31/h3-11,14,21,26-27,32-33,35H,1-2,12-13,15-20,22-24H2,(H,41,45)/t26?,27?,33-,35?/m1/s1. The van der Waals surface area contributed by atoms with Gasteiger partial charge in [0, 0.05) is 72.0 Å². The Bertz CT molecular complexity index is 1550. The van der Waals surface area contributed by atoms with Gasteiger partial charge in [-0.2, -0.15) is 0 Å². The summed E-state index contributed by atoms with van der Waals surface area (Å²) in [6.07, 6.45) is 7.00. The SMILES string of the molecule is O=C(N[C@H](CN1CCCC1)C(OC(=O)C1CCN(c2ccc(Cl)cc2)C1)c1ccc(OC2CC2)nc1)C1CCN(c2ccc(Cl)cc2)C1. The van der Waals surface area contributed by atoms with E-state index < -0.39 is 12.1 Å². The van der Waals surface area contributed by atoms with Crippen LogP contribution in [0.2, 0.25) is 10.0 Å². The first-order valence-corrected chi connectivity index (χ1v) is 18.0. The lowest BCUT2D eigenvalue weighted by Crippen LogP contribution is -2.50. The minimum atomic E-state index is -0.706. The molecule has 11 heteroatoms. The molecule has 1 N–H and O–H groups in total. The van der Waals surface area contributed by atoms with E-state index in [1.165, 1.54) is 0 Å². The van der Waals surface area contributed by atoms with Crippen molar-refractivity contribution < 1.29 is 19.1 Å². The van der Waals surface area contributed by atoms with Gasteiger partial charge in [-0.1, -0.05) is 23.2 Å². The van der Waals surface area contributed by atoms with Crippen molar-refractivity contribution >= 4 is 46.5 Å². The highest BCUT2D eigenvalue weighted by Crippen LogP contribution is 2.32. The van der Waals surface area contributed by atoms with Gasteiger partial charge in [0.1, 0.15) is 12.2 Å². The largest absolute Gasteiger partial charge is 0.474 e. The number of carbonyl (C=O) groups is 2. The number of hydrogen-bond acceptors (Lipinski definition) is 8. The molecule has 0 spiro atoms. The Labute approximate surface area is 292 Å². The molecular formula is C37H43Cl2N5O4. The number of rotatable bonds is 12. The third-order valence-electron chi connectivity index (χ3n) is 9.95. The normalized spacial score (nSPS) is 22.5. The summed E-state index contributed by atoms with van der Waals surface area (Å²) in [5.74, 6) is -0.194. The van der Waals surface area contributed by atoms with Crippen LogP contribution in [0.4, 0.5) is 11.4 Å². The number of carbonyl (C=O) groups excluding carboxylic acids is 2. The number of esters is 1. The maximum atomic E-state index is 14.0. The van der Waals surface area contributed by atoms with Crippen molar-refractivity contribution in [3.8, 4) is 5.88 Å². The van der Waals surface area contributed by atoms with E-state index in [0.717, 1.165) is 75.2 Å². The van der Waals surface area contributed by atoms with E-state index in [4.69, 9.17) is 32.7 Å². The van der Waals surface area contributed by atoms with Gasteiger partial charge in [0.05, 0.1) is 17.9 Å². The second kappa shape index (κ2) is 14.9. The Morgan fingerprint density at radius 1 is 0.792 bits per heavy atom. The van der Waals surface area contributed by atoms with Gasteiger partial charge >= 0.3 is 5.97 Å². The quantitative estimate of drug-likeness (QED) is 0.227. The topological polar surface area (TPSA) is 87.2 Å². The summed E-state index contributed by atoms with van der Waals surface area (Å²) in [5.41, 5.74) is 2.83. The summed E-state index contributed by atoms with van der Waals surface area (Å²) in [5, 5.41) is 4.74. The van der Waals surface area contributed by atoms with E-state index >= 15 is 0 Å². The number of amides is 1. The Morgan fingerprint density at radius 3 is 1.98 bits per heavy atom. The van der Waals surface area contributed by atoms with Crippen LogP contribution >= 0.6 is 23.2 Å². The molecule has 3 unspecified atom stereocenters. The van der Waals surface area contributed by atoms with E-state index in [-0.39, 0.29) is 29.8 Å². The van der Waals surface area contributed by atoms with Gasteiger partial charge in [-0.15, -0.1) is 0 Å². The molecule has 3 aromatic rings. The van der Waals surface area contributed by atoms with E-state index in [9.17, 15) is 9.59 Å². The lowest BCUT2D eigenvalue weighted by Gasteiger charge is -2.32. The fourth-order valence-corrected chi connectivity index (χ4v) is 7.30. The number of benzene rings is 2. The number of ether oxygens (including phenoxy) is 2. The maximum Gasteiger partial charge on any atom is 0.311 e. The van der Waals surface area contributed by atoms with Crippen LogP contribution in [0.5, 0.6) is 5.88 Å². The van der Waals surface area contributed by atoms with Crippen molar-refractivity contribution in [1.29, 1.82) is 0 Å². The Balaban J connectivity index is 1.10. The molecule has 1 aromatic heterocycles. The van der Waals surface area contributed by atoms with Crippen LogP contribution in [-0.4, -0.2) is 79.7 Å². The fourth-order valence-electron chi connectivity index (χ4n) is 7.05. The average Bonchev–Trinajstić information content (AvgIpc) is 3.49. The first-order valence-electron chi connectivity index (χ1n) is 17.2. The Hall–Kier alpha value is -3.53. The number of pyridine rings is 1. The molecule has 9 nitrogen and oxygen atoms in total. The van der Waals surface area contributed by atoms with Gasteiger partial charge in [0.2, 0.25) is 11.8 Å². The minimum absolute atomic E-state index is 0.0202. The van der Waals surface area contributed by atoms with Gasteiger partial charge in [-0.3, -0.25) is 9.59 Å². The van der Waals surface area contributed by atoms with Crippen molar-refractivity contribution in [2.24, 2.45) is 11.8 Å². The van der Waals surface area contributed by atoms with Crippen LogP contribution in [0.3, 0.4) is 0 Å². The molecule has 3 aliphatic heterocycles. The molecule has 0 bridgehead atoms. The summed E-state index contributed by atoms with van der Waals surface area (Å²) in [4.78, 5) is 39.3. The first kappa shape index (κ1) is 33.0. The van der Waals surface area contributed by atoms with Crippen LogP contribution in [0.25, 0.3) is 0 Å². The zero-order chi connectivity index (χ0) is 33.0. The number of aromatic nitrogens is 1. The zero-order valence-electron chi connectivity index (χ0n) is 27.1. The van der Waals surface area contributed by atoms with Crippen LogP contribution < -0.4 is 19.9 Å². The Morgan fingerprint density at radius 2 is 1.40 bits per heavy atom. The summed E-state index contributed by atoms with van der Waals surface area (Å²) in [7, 11) is 0. The molecule has 1 amide bonds. The van der Waals surface area contributed by atoms with Crippen molar-refractivity contribution in [3.05, 3.63) is 82.5 Å². The zero-order valence-corrected chi connectivity index (χ0v) is 28.6. The van der Waals surface area contributed by atoms with E-state index in [2.05, 4.69) is 25.0 Å².